The zero-order chi connectivity index (χ0) is 22.1. The van der Waals surface area contributed by atoms with Crippen LogP contribution in [0.25, 0.3) is 0 Å². The van der Waals surface area contributed by atoms with Gasteiger partial charge in [0.25, 0.3) is 11.8 Å². The Hall–Kier alpha value is -3.10. The molecule has 158 valence electrons. The Labute approximate surface area is 182 Å². The number of hydrogen-bond donors (Lipinski definition) is 2. The summed E-state index contributed by atoms with van der Waals surface area (Å²) in [4.78, 5) is 48.9. The van der Waals surface area contributed by atoms with E-state index in [0.717, 1.165) is 0 Å². The molecule has 10 heteroatoms. The van der Waals surface area contributed by atoms with Gasteiger partial charge >= 0.3 is 5.97 Å². The molecule has 2 aromatic rings. The molecule has 30 heavy (non-hydrogen) atoms. The molecule has 0 bridgehead atoms. The molecule has 0 saturated heterocycles. The van der Waals surface area contributed by atoms with Crippen LogP contribution in [0.3, 0.4) is 0 Å². The topological polar surface area (TPSA) is 119 Å². The summed E-state index contributed by atoms with van der Waals surface area (Å²) in [6, 6.07) is 12.9. The number of carbonyl (C=O) groups excluding carboxylic acids is 4. The van der Waals surface area contributed by atoms with Crippen molar-refractivity contribution in [2.75, 3.05) is 24.6 Å². The van der Waals surface area contributed by atoms with Crippen LogP contribution < -0.4 is 16.0 Å². The molecule has 0 atom stereocenters. The molecule has 3 N–H and O–H groups in total. The highest BCUT2D eigenvalue weighted by Crippen LogP contribution is 2.20. The Morgan fingerprint density at radius 1 is 1.03 bits per heavy atom. The summed E-state index contributed by atoms with van der Waals surface area (Å²) in [5, 5.41) is 2.86. The lowest BCUT2D eigenvalue weighted by Gasteiger charge is -2.22. The smallest absolute Gasteiger partial charge is 0.325 e. The second-order valence-electron chi connectivity index (χ2n) is 6.06. The van der Waals surface area contributed by atoms with Gasteiger partial charge in [0.05, 0.1) is 10.6 Å². The fourth-order valence-electron chi connectivity index (χ4n) is 2.42. The molecular formula is C20H19Cl2N3O5. The average molecular weight is 452 g/mol. The third-order valence-electron chi connectivity index (χ3n) is 3.88. The van der Waals surface area contributed by atoms with Gasteiger partial charge in [0.15, 0.2) is 6.61 Å². The lowest BCUT2D eigenvalue weighted by molar-refractivity contribution is -0.146. The van der Waals surface area contributed by atoms with Crippen LogP contribution in [-0.2, 0) is 19.1 Å². The first-order chi connectivity index (χ1) is 14.3. The van der Waals surface area contributed by atoms with Crippen molar-refractivity contribution >= 4 is 52.6 Å². The summed E-state index contributed by atoms with van der Waals surface area (Å²) < 4.78 is 4.93. The first-order valence-corrected chi connectivity index (χ1v) is 9.56. The summed E-state index contributed by atoms with van der Waals surface area (Å²) >= 11 is 11.7. The minimum atomic E-state index is -0.815. The van der Waals surface area contributed by atoms with Crippen LogP contribution in [-0.4, -0.2) is 43.4 Å². The van der Waals surface area contributed by atoms with E-state index in [1.54, 1.807) is 30.3 Å². The number of benzene rings is 2. The Balaban J connectivity index is 1.89. The number of nitrogens with two attached hydrogens (primary N) is 1. The molecule has 0 spiro atoms. The molecule has 0 heterocycles. The minimum Gasteiger partial charge on any atom is -0.454 e. The summed E-state index contributed by atoms with van der Waals surface area (Å²) in [5.41, 5.74) is 5.83. The van der Waals surface area contributed by atoms with Gasteiger partial charge in [0.1, 0.15) is 6.54 Å². The van der Waals surface area contributed by atoms with Crippen molar-refractivity contribution in [3.8, 4) is 0 Å². The summed E-state index contributed by atoms with van der Waals surface area (Å²) in [6.07, 6.45) is -0.0491. The molecule has 0 aliphatic carbocycles. The number of nitrogens with zero attached hydrogens (tertiary/aromatic N) is 1. The predicted octanol–water partition coefficient (Wildman–Crippen LogP) is 2.17. The summed E-state index contributed by atoms with van der Waals surface area (Å²) in [7, 11) is 0. The van der Waals surface area contributed by atoms with E-state index in [2.05, 4.69) is 5.32 Å². The van der Waals surface area contributed by atoms with Crippen LogP contribution in [0.15, 0.2) is 48.5 Å². The van der Waals surface area contributed by atoms with E-state index in [9.17, 15) is 19.2 Å². The van der Waals surface area contributed by atoms with Crippen molar-refractivity contribution in [2.45, 2.75) is 6.42 Å². The number of rotatable bonds is 9. The summed E-state index contributed by atoms with van der Waals surface area (Å²) in [6.45, 7) is -0.983. The molecule has 0 saturated carbocycles. The van der Waals surface area contributed by atoms with E-state index >= 15 is 0 Å². The number of nitrogens with one attached hydrogen (secondary N) is 1. The van der Waals surface area contributed by atoms with Crippen LogP contribution in [0.4, 0.5) is 5.69 Å². The third kappa shape index (κ3) is 7.06. The quantitative estimate of drug-likeness (QED) is 0.566. The second-order valence-corrected chi connectivity index (χ2v) is 6.91. The molecule has 0 aromatic heterocycles. The Bertz CT molecular complexity index is 937. The molecule has 8 nitrogen and oxygen atoms in total. The largest absolute Gasteiger partial charge is 0.454 e. The highest BCUT2D eigenvalue weighted by Gasteiger charge is 2.19. The molecule has 0 fully saturated rings. The van der Waals surface area contributed by atoms with Gasteiger partial charge in [-0.2, -0.15) is 0 Å². The number of hydrogen-bond acceptors (Lipinski definition) is 5. The maximum atomic E-state index is 12.5. The van der Waals surface area contributed by atoms with Crippen LogP contribution in [0, 0.1) is 0 Å². The zero-order valence-corrected chi connectivity index (χ0v) is 17.3. The highest BCUT2D eigenvalue weighted by molar-refractivity contribution is 6.36. The standard InChI is InChI=1S/C20H19Cl2N3O5/c21-13-6-7-15(16(22)10-13)20(29)24-11-19(28)30-12-18(27)25(9-8-17(23)26)14-4-2-1-3-5-14/h1-7,10H,8-9,11-12H2,(H2,23,26)(H,24,29). The molecule has 0 radical (unpaired) electrons. The zero-order valence-electron chi connectivity index (χ0n) is 15.8. The van der Waals surface area contributed by atoms with E-state index in [1.807, 2.05) is 0 Å². The van der Waals surface area contributed by atoms with Gasteiger partial charge in [-0.1, -0.05) is 41.4 Å². The third-order valence-corrected chi connectivity index (χ3v) is 4.42. The number of anilines is 1. The van der Waals surface area contributed by atoms with Crippen molar-refractivity contribution in [3.63, 3.8) is 0 Å². The Morgan fingerprint density at radius 3 is 2.37 bits per heavy atom. The first kappa shape index (κ1) is 23.2. The number of esters is 1. The Kier molecular flexibility index (Phi) is 8.64. The van der Waals surface area contributed by atoms with Gasteiger partial charge in [-0.3, -0.25) is 19.2 Å². The number of halogens is 2. The van der Waals surface area contributed by atoms with Crippen LogP contribution >= 0.6 is 23.2 Å². The highest BCUT2D eigenvalue weighted by atomic mass is 35.5. The lowest BCUT2D eigenvalue weighted by atomic mass is 10.2. The van der Waals surface area contributed by atoms with E-state index in [-0.39, 0.29) is 23.6 Å². The maximum Gasteiger partial charge on any atom is 0.325 e. The van der Waals surface area contributed by atoms with Gasteiger partial charge in [0.2, 0.25) is 5.91 Å². The van der Waals surface area contributed by atoms with Crippen molar-refractivity contribution in [3.05, 3.63) is 64.1 Å². The van der Waals surface area contributed by atoms with Gasteiger partial charge < -0.3 is 20.7 Å². The van der Waals surface area contributed by atoms with Crippen LogP contribution in [0.2, 0.25) is 10.0 Å². The van der Waals surface area contributed by atoms with E-state index in [4.69, 9.17) is 33.7 Å². The van der Waals surface area contributed by atoms with Crippen molar-refractivity contribution in [1.82, 2.24) is 5.32 Å². The minimum absolute atomic E-state index is 0.0432. The van der Waals surface area contributed by atoms with E-state index in [0.29, 0.717) is 10.7 Å². The molecule has 3 amide bonds. The summed E-state index contributed by atoms with van der Waals surface area (Å²) in [5.74, 6) is -2.51. The number of primary amides is 1. The maximum absolute atomic E-state index is 12.5. The molecule has 2 aromatic carbocycles. The number of amides is 3. The molecule has 0 aliphatic rings. The van der Waals surface area contributed by atoms with Crippen molar-refractivity contribution < 1.29 is 23.9 Å². The van der Waals surface area contributed by atoms with Gasteiger partial charge in [-0.25, -0.2) is 0 Å². The van der Waals surface area contributed by atoms with Gasteiger partial charge in [0, 0.05) is 23.7 Å². The van der Waals surface area contributed by atoms with E-state index in [1.165, 1.54) is 23.1 Å². The first-order valence-electron chi connectivity index (χ1n) is 8.80. The van der Waals surface area contributed by atoms with Crippen LogP contribution in [0.1, 0.15) is 16.8 Å². The normalized spacial score (nSPS) is 10.2. The molecule has 2 rings (SSSR count). The van der Waals surface area contributed by atoms with Gasteiger partial charge in [-0.05, 0) is 30.3 Å². The fraction of sp³-hybridized carbons (Fsp3) is 0.200. The SMILES string of the molecule is NC(=O)CCN(C(=O)COC(=O)CNC(=O)c1ccc(Cl)cc1Cl)c1ccccc1. The fourth-order valence-corrected chi connectivity index (χ4v) is 2.91. The van der Waals surface area contributed by atoms with Gasteiger partial charge in [-0.15, -0.1) is 0 Å². The number of carbonyl (C=O) groups is 4. The molecule has 0 unspecified atom stereocenters. The molecular weight excluding hydrogens is 433 g/mol. The van der Waals surface area contributed by atoms with E-state index < -0.39 is 36.8 Å². The van der Waals surface area contributed by atoms with Crippen molar-refractivity contribution in [2.24, 2.45) is 5.73 Å². The average Bonchev–Trinajstić information content (AvgIpc) is 2.71. The Morgan fingerprint density at radius 2 is 1.73 bits per heavy atom. The second kappa shape index (κ2) is 11.2. The number of para-hydroxylation sites is 1. The van der Waals surface area contributed by atoms with Crippen molar-refractivity contribution in [1.29, 1.82) is 0 Å². The lowest BCUT2D eigenvalue weighted by Crippen LogP contribution is -2.38. The number of ether oxygens (including phenoxy) is 1. The van der Waals surface area contributed by atoms with Crippen LogP contribution in [0.5, 0.6) is 0 Å². The molecule has 0 aliphatic heterocycles. The predicted molar refractivity (Wildman–Crippen MR) is 112 cm³/mol. The monoisotopic (exact) mass is 451 g/mol.